The lowest BCUT2D eigenvalue weighted by Gasteiger charge is -2.31. The third kappa shape index (κ3) is 37.1. The van der Waals surface area contributed by atoms with E-state index in [4.69, 9.17) is 37.9 Å². The SMILES string of the molecule is CCCCCCOc1ccc(CCc2c(CCc3ccc(OCCCCCC)cc3)c(CCc3ccc(OCCCCCC)cc3)c3c(CCc4ccc(OCCCCCC)cc4)c(CCc4ccc(OCCCCCC)cc4)c(CCc4ccc(OCCCCCC)cc4)c(CCc4ccc(OCCCCCC)cc4)c3c2CCc2ccc(OCCCCCC)cc2)cc1. The molecule has 0 aliphatic carbocycles. The highest BCUT2D eigenvalue weighted by Crippen LogP contribution is 2.45. The van der Waals surface area contributed by atoms with Crippen molar-refractivity contribution in [1.82, 2.24) is 0 Å². The van der Waals surface area contributed by atoms with Gasteiger partial charge in [0.25, 0.3) is 0 Å². The van der Waals surface area contributed by atoms with Crippen LogP contribution in [0.2, 0.25) is 0 Å². The molecule has 0 unspecified atom stereocenters. The van der Waals surface area contributed by atoms with Crippen LogP contribution >= 0.6 is 0 Å². The maximum Gasteiger partial charge on any atom is 0.119 e. The van der Waals surface area contributed by atoms with Crippen LogP contribution in [0.5, 0.6) is 46.0 Å². The summed E-state index contributed by atoms with van der Waals surface area (Å²) in [6.07, 6.45) is 51.6. The number of fused-ring (bicyclic) bond motifs is 1. The van der Waals surface area contributed by atoms with Crippen LogP contribution in [0.4, 0.5) is 0 Å². The molecular formula is C122H168O8. The first kappa shape index (κ1) is 103. The maximum atomic E-state index is 6.54. The van der Waals surface area contributed by atoms with Crippen LogP contribution in [0.3, 0.4) is 0 Å². The molecule has 0 atom stereocenters. The molecule has 0 saturated heterocycles. The van der Waals surface area contributed by atoms with Crippen molar-refractivity contribution in [3.63, 3.8) is 0 Å². The van der Waals surface area contributed by atoms with Crippen molar-refractivity contribution < 1.29 is 37.9 Å². The number of hydrogen-bond donors (Lipinski definition) is 0. The Hall–Kier alpha value is -9.14. The number of benzene rings is 10. The molecule has 0 spiro atoms. The number of rotatable bonds is 72. The van der Waals surface area contributed by atoms with Crippen LogP contribution in [0.25, 0.3) is 10.8 Å². The molecule has 130 heavy (non-hydrogen) atoms. The average Bonchev–Trinajstić information content (AvgIpc) is 0.717. The smallest absolute Gasteiger partial charge is 0.119 e. The Morgan fingerprint density at radius 2 is 0.238 bits per heavy atom. The van der Waals surface area contributed by atoms with Crippen LogP contribution in [0, 0.1) is 0 Å². The highest BCUT2D eigenvalue weighted by atomic mass is 16.5. The molecule has 0 fully saturated rings. The average molecular weight is 1760 g/mol. The van der Waals surface area contributed by atoms with Crippen molar-refractivity contribution >= 4 is 10.8 Å². The lowest BCUT2D eigenvalue weighted by molar-refractivity contribution is 0.305. The van der Waals surface area contributed by atoms with Crippen molar-refractivity contribution in [2.24, 2.45) is 0 Å². The van der Waals surface area contributed by atoms with Crippen LogP contribution in [-0.4, -0.2) is 52.9 Å². The topological polar surface area (TPSA) is 73.8 Å². The van der Waals surface area contributed by atoms with Gasteiger partial charge in [-0.25, -0.2) is 0 Å². The standard InChI is InChI=1S/C122H168O8/c1-9-17-25-33-89-123-105-65-41-97(42-66-105)57-81-113-114(82-58-98-43-67-106(68-44-98)124-90-34-26-18-10-2)118(86-62-102-51-75-110(76-52-102)128-94-38-30-22-14-6)122-120(88-64-104-55-79-112(80-56-104)130-96-40-32-24-16-8)116(84-60-100-47-71-108(72-48-100)126-92-36-28-20-12-4)115(83-59-99-45-69-107(70-46-99)125-91-35-27-19-11-3)119(87-63-103-53-77-111(78-54-103)129-95-39-31-23-15-7)121(122)117(113)85-61-101-49-73-109(74-50-101)127-93-37-29-21-13-5/h41-56,65-80H,9-40,57-64,81-96H2,1-8H3. The third-order valence-electron chi connectivity index (χ3n) is 26.5. The van der Waals surface area contributed by atoms with E-state index in [1.807, 2.05) is 0 Å². The Morgan fingerprint density at radius 3 is 0.354 bits per heavy atom. The molecule has 704 valence electrons. The van der Waals surface area contributed by atoms with Gasteiger partial charge in [-0.15, -0.1) is 0 Å². The van der Waals surface area contributed by atoms with Crippen molar-refractivity contribution in [2.75, 3.05) is 52.9 Å². The van der Waals surface area contributed by atoms with E-state index in [0.29, 0.717) is 0 Å². The molecule has 0 N–H and O–H groups in total. The summed E-state index contributed by atoms with van der Waals surface area (Å²) in [7, 11) is 0. The van der Waals surface area contributed by atoms with Gasteiger partial charge in [0.2, 0.25) is 0 Å². The second-order valence-corrected chi connectivity index (χ2v) is 37.0. The quantitative estimate of drug-likeness (QED) is 0.0349. The molecule has 10 aromatic carbocycles. The minimum absolute atomic E-state index is 0.736. The van der Waals surface area contributed by atoms with E-state index in [0.717, 1.165) is 253 Å². The van der Waals surface area contributed by atoms with Crippen LogP contribution in [-0.2, 0) is 103 Å². The van der Waals surface area contributed by atoms with E-state index in [1.54, 1.807) is 0 Å². The summed E-state index contributed by atoms with van der Waals surface area (Å²) in [6, 6.07) is 73.9. The van der Waals surface area contributed by atoms with E-state index < -0.39 is 0 Å². The summed E-state index contributed by atoms with van der Waals surface area (Å²) in [5.41, 5.74) is 22.8. The second kappa shape index (κ2) is 62.3. The highest BCUT2D eigenvalue weighted by Gasteiger charge is 2.29. The molecule has 10 aromatic rings. The largest absolute Gasteiger partial charge is 0.494 e. The van der Waals surface area contributed by atoms with Crippen molar-refractivity contribution in [3.05, 3.63) is 283 Å². The fourth-order valence-electron chi connectivity index (χ4n) is 18.5. The minimum Gasteiger partial charge on any atom is -0.494 e. The zero-order valence-electron chi connectivity index (χ0n) is 82.3. The molecule has 0 aliphatic rings. The number of unbranched alkanes of at least 4 members (excludes halogenated alkanes) is 24. The summed E-state index contributed by atoms with van der Waals surface area (Å²) in [5, 5.41) is 3.00. The van der Waals surface area contributed by atoms with Gasteiger partial charge in [0.15, 0.2) is 0 Å². The van der Waals surface area contributed by atoms with Gasteiger partial charge in [-0.2, -0.15) is 0 Å². The molecule has 0 radical (unpaired) electrons. The van der Waals surface area contributed by atoms with E-state index in [9.17, 15) is 0 Å². The number of ether oxygens (including phenoxy) is 8. The van der Waals surface area contributed by atoms with Gasteiger partial charge in [0.1, 0.15) is 46.0 Å². The van der Waals surface area contributed by atoms with Gasteiger partial charge >= 0.3 is 0 Å². The second-order valence-electron chi connectivity index (χ2n) is 37.0. The fourth-order valence-corrected chi connectivity index (χ4v) is 18.5. The molecule has 0 bridgehead atoms. The lowest BCUT2D eigenvalue weighted by Crippen LogP contribution is -2.17. The third-order valence-corrected chi connectivity index (χ3v) is 26.5. The molecule has 0 amide bonds. The number of aryl methyl sites for hydroxylation is 12. The first-order valence-corrected chi connectivity index (χ1v) is 52.6. The molecule has 0 saturated carbocycles. The molecule has 0 aliphatic heterocycles. The van der Waals surface area contributed by atoms with Gasteiger partial charge in [-0.3, -0.25) is 0 Å². The van der Waals surface area contributed by atoms with Gasteiger partial charge < -0.3 is 37.9 Å². The highest BCUT2D eigenvalue weighted by molar-refractivity contribution is 5.99. The van der Waals surface area contributed by atoms with E-state index in [2.05, 4.69) is 250 Å². The zero-order chi connectivity index (χ0) is 90.9. The first-order valence-electron chi connectivity index (χ1n) is 52.6. The van der Waals surface area contributed by atoms with Crippen LogP contribution < -0.4 is 37.9 Å². The molecular weight excluding hydrogens is 1590 g/mol. The van der Waals surface area contributed by atoms with E-state index >= 15 is 0 Å². The van der Waals surface area contributed by atoms with Crippen molar-refractivity contribution in [3.8, 4) is 46.0 Å². The predicted octanol–water partition coefficient (Wildman–Crippen LogP) is 32.8. The van der Waals surface area contributed by atoms with Crippen LogP contribution in [0.15, 0.2) is 194 Å². The molecule has 0 aromatic heterocycles. The lowest BCUT2D eigenvalue weighted by atomic mass is 9.73. The van der Waals surface area contributed by atoms with Gasteiger partial charge in [-0.1, -0.05) is 307 Å². The summed E-state index contributed by atoms with van der Waals surface area (Å²) < 4.78 is 52.2. The summed E-state index contributed by atoms with van der Waals surface area (Å²) >= 11 is 0. The fraction of sp³-hybridized carbons (Fsp3) is 0.525. The molecule has 8 heteroatoms. The van der Waals surface area contributed by atoms with Crippen LogP contribution in [0.1, 0.15) is 350 Å². The van der Waals surface area contributed by atoms with Gasteiger partial charge in [0.05, 0.1) is 52.9 Å². The molecule has 8 nitrogen and oxygen atoms in total. The summed E-state index contributed by atoms with van der Waals surface area (Å²) in [4.78, 5) is 0. The van der Waals surface area contributed by atoms with E-state index in [-0.39, 0.29) is 0 Å². The van der Waals surface area contributed by atoms with Gasteiger partial charge in [0, 0.05) is 0 Å². The van der Waals surface area contributed by atoms with Crippen molar-refractivity contribution in [1.29, 1.82) is 0 Å². The summed E-state index contributed by atoms with van der Waals surface area (Å²) in [5.74, 6) is 7.63. The minimum atomic E-state index is 0.736. The Morgan fingerprint density at radius 1 is 0.123 bits per heavy atom. The van der Waals surface area contributed by atoms with Crippen molar-refractivity contribution in [2.45, 2.75) is 364 Å². The zero-order valence-corrected chi connectivity index (χ0v) is 82.3. The predicted molar refractivity (Wildman–Crippen MR) is 552 cm³/mol. The Kier molecular flexibility index (Phi) is 49.3. The first-order chi connectivity index (χ1) is 64.2. The van der Waals surface area contributed by atoms with E-state index in [1.165, 1.54) is 254 Å². The Bertz CT molecular complexity index is 4030. The monoisotopic (exact) mass is 1760 g/mol. The molecule has 10 rings (SSSR count). The maximum absolute atomic E-state index is 6.54. The normalized spacial score (nSPS) is 11.4. The Balaban J connectivity index is 1.27. The number of hydrogen-bond acceptors (Lipinski definition) is 8. The molecule has 0 heterocycles. The summed E-state index contributed by atoms with van der Waals surface area (Å²) in [6.45, 7) is 24.1. The van der Waals surface area contributed by atoms with Gasteiger partial charge in [-0.05, 0) is 351 Å². The Labute approximate surface area is 789 Å².